The summed E-state index contributed by atoms with van der Waals surface area (Å²) in [6.07, 6.45) is 4.86. The van der Waals surface area contributed by atoms with Gasteiger partial charge in [-0.05, 0) is 27.0 Å². The first-order chi connectivity index (χ1) is 11.9. The third kappa shape index (κ3) is 2.78. The maximum atomic E-state index is 14.2. The molecular weight excluding hydrogens is 345 g/mol. The van der Waals surface area contributed by atoms with E-state index < -0.39 is 11.4 Å². The molecule has 3 heterocycles. The van der Waals surface area contributed by atoms with Gasteiger partial charge in [-0.3, -0.25) is 9.59 Å². The lowest BCUT2D eigenvalue weighted by molar-refractivity contribution is 0.512. The number of rotatable bonds is 4. The Kier molecular flexibility index (Phi) is 4.51. The van der Waals surface area contributed by atoms with Crippen LogP contribution in [-0.4, -0.2) is 30.2 Å². The van der Waals surface area contributed by atoms with E-state index in [4.69, 9.17) is 0 Å². The molecule has 0 aliphatic heterocycles. The summed E-state index contributed by atoms with van der Waals surface area (Å²) in [7, 11) is 0. The first-order valence-corrected chi connectivity index (χ1v) is 9.06. The molecule has 3 rings (SSSR count). The van der Waals surface area contributed by atoms with Crippen LogP contribution < -0.4 is 11.1 Å². The van der Waals surface area contributed by atoms with E-state index in [2.05, 4.69) is 9.97 Å². The minimum Gasteiger partial charge on any atom is -0.308 e. The molecule has 7 nitrogen and oxygen atoms in total. The van der Waals surface area contributed by atoms with E-state index in [1.54, 1.807) is 24.7 Å². The van der Waals surface area contributed by atoms with Crippen LogP contribution in [0.2, 0.25) is 0 Å². The summed E-state index contributed by atoms with van der Waals surface area (Å²) in [5.41, 5.74) is -0.196. The zero-order valence-corrected chi connectivity index (χ0v) is 15.2. The summed E-state index contributed by atoms with van der Waals surface area (Å²) in [5.74, 6) is -0.873. The molecule has 0 amide bonds. The van der Waals surface area contributed by atoms with Crippen LogP contribution in [0.4, 0.5) is 4.39 Å². The van der Waals surface area contributed by atoms with Crippen molar-refractivity contribution in [1.82, 2.24) is 23.9 Å². The van der Waals surface area contributed by atoms with Gasteiger partial charge in [0.2, 0.25) is 0 Å². The predicted octanol–water partition coefficient (Wildman–Crippen LogP) is 2.21. The molecule has 3 aromatic rings. The SMILES string of the molecule is CCn1c(=O)c2cnc(SC)nc2n1-c1cc(F)c(=O)n(C(C)C)c1. The fourth-order valence-corrected chi connectivity index (χ4v) is 3.05. The Balaban J connectivity index is 2.43. The number of nitrogens with zero attached hydrogens (tertiary/aromatic N) is 5. The van der Waals surface area contributed by atoms with Gasteiger partial charge in [-0.1, -0.05) is 11.8 Å². The lowest BCUT2D eigenvalue weighted by atomic mass is 10.3. The molecule has 0 saturated carbocycles. The average Bonchev–Trinajstić information content (AvgIpc) is 2.88. The predicted molar refractivity (Wildman–Crippen MR) is 95.2 cm³/mol. The Bertz CT molecular complexity index is 1070. The van der Waals surface area contributed by atoms with E-state index in [-0.39, 0.29) is 11.6 Å². The molecule has 0 unspecified atom stereocenters. The number of thioether (sulfide) groups is 1. The molecular formula is C16H18FN5O2S. The number of fused-ring (bicyclic) bond motifs is 1. The lowest BCUT2D eigenvalue weighted by Crippen LogP contribution is -2.27. The van der Waals surface area contributed by atoms with Gasteiger partial charge >= 0.3 is 0 Å². The van der Waals surface area contributed by atoms with Crippen molar-refractivity contribution >= 4 is 22.8 Å². The van der Waals surface area contributed by atoms with E-state index in [0.717, 1.165) is 6.07 Å². The molecule has 0 aliphatic rings. The van der Waals surface area contributed by atoms with E-state index in [1.165, 1.54) is 27.2 Å². The van der Waals surface area contributed by atoms with Gasteiger partial charge in [0.25, 0.3) is 11.1 Å². The van der Waals surface area contributed by atoms with Crippen LogP contribution in [0.1, 0.15) is 26.8 Å². The highest BCUT2D eigenvalue weighted by Gasteiger charge is 2.19. The van der Waals surface area contributed by atoms with Gasteiger partial charge in [0.15, 0.2) is 16.6 Å². The summed E-state index contributed by atoms with van der Waals surface area (Å²) in [4.78, 5) is 33.2. The van der Waals surface area contributed by atoms with E-state index in [1.807, 2.05) is 13.2 Å². The molecule has 0 atom stereocenters. The molecule has 0 N–H and O–H groups in total. The Morgan fingerprint density at radius 1 is 1.28 bits per heavy atom. The molecule has 25 heavy (non-hydrogen) atoms. The number of halogens is 1. The first kappa shape index (κ1) is 17.4. The lowest BCUT2D eigenvalue weighted by Gasteiger charge is -2.15. The third-order valence-electron chi connectivity index (χ3n) is 3.92. The van der Waals surface area contributed by atoms with Crippen molar-refractivity contribution in [2.75, 3.05) is 6.26 Å². The highest BCUT2D eigenvalue weighted by Crippen LogP contribution is 2.19. The molecule has 0 aliphatic carbocycles. The van der Waals surface area contributed by atoms with Crippen molar-refractivity contribution in [3.8, 4) is 5.69 Å². The molecule has 9 heteroatoms. The third-order valence-corrected chi connectivity index (χ3v) is 4.48. The minimum atomic E-state index is -0.873. The Morgan fingerprint density at radius 2 is 2.00 bits per heavy atom. The number of hydrogen-bond acceptors (Lipinski definition) is 5. The van der Waals surface area contributed by atoms with Crippen LogP contribution in [0.5, 0.6) is 0 Å². The van der Waals surface area contributed by atoms with E-state index in [0.29, 0.717) is 28.4 Å². The summed E-state index contributed by atoms with van der Waals surface area (Å²) in [5, 5.41) is 0.856. The van der Waals surface area contributed by atoms with Gasteiger partial charge in [0.05, 0.1) is 5.69 Å². The molecule has 0 spiro atoms. The van der Waals surface area contributed by atoms with Crippen molar-refractivity contribution in [3.05, 3.63) is 45.0 Å². The second-order valence-electron chi connectivity index (χ2n) is 5.78. The van der Waals surface area contributed by atoms with Crippen LogP contribution in [0.25, 0.3) is 16.7 Å². The van der Waals surface area contributed by atoms with Crippen molar-refractivity contribution in [1.29, 1.82) is 0 Å². The van der Waals surface area contributed by atoms with Crippen molar-refractivity contribution in [2.24, 2.45) is 0 Å². The minimum absolute atomic E-state index is 0.220. The van der Waals surface area contributed by atoms with Gasteiger partial charge in [0, 0.05) is 31.0 Å². The van der Waals surface area contributed by atoms with Gasteiger partial charge in [-0.25, -0.2) is 23.7 Å². The topological polar surface area (TPSA) is 74.7 Å². The van der Waals surface area contributed by atoms with Crippen molar-refractivity contribution in [3.63, 3.8) is 0 Å². The van der Waals surface area contributed by atoms with Crippen LogP contribution in [0.15, 0.2) is 33.2 Å². The van der Waals surface area contributed by atoms with E-state index >= 15 is 0 Å². The smallest absolute Gasteiger partial charge is 0.286 e. The second-order valence-corrected chi connectivity index (χ2v) is 6.55. The van der Waals surface area contributed by atoms with Crippen LogP contribution >= 0.6 is 11.8 Å². The molecule has 0 saturated heterocycles. The van der Waals surface area contributed by atoms with Gasteiger partial charge in [0.1, 0.15) is 5.39 Å². The highest BCUT2D eigenvalue weighted by molar-refractivity contribution is 7.98. The zero-order chi connectivity index (χ0) is 18.3. The Hall–Kier alpha value is -2.42. The van der Waals surface area contributed by atoms with Crippen molar-refractivity contribution < 1.29 is 4.39 Å². The maximum Gasteiger partial charge on any atom is 0.286 e. The van der Waals surface area contributed by atoms with Gasteiger partial charge < -0.3 is 4.57 Å². The van der Waals surface area contributed by atoms with Crippen LogP contribution in [-0.2, 0) is 6.54 Å². The van der Waals surface area contributed by atoms with Gasteiger partial charge in [-0.2, -0.15) is 0 Å². The standard InChI is InChI=1S/C16H18FN5O2S/c1-5-21-14(23)11-7-18-16(25-4)19-13(11)22(21)10-6-12(17)15(24)20(8-10)9(2)3/h6-9H,5H2,1-4H3. The summed E-state index contributed by atoms with van der Waals surface area (Å²) in [6, 6.07) is 0.912. The normalized spacial score (nSPS) is 11.6. The Morgan fingerprint density at radius 3 is 2.60 bits per heavy atom. The van der Waals surface area contributed by atoms with Crippen LogP contribution in [0, 0.1) is 5.82 Å². The van der Waals surface area contributed by atoms with Crippen molar-refractivity contribution in [2.45, 2.75) is 38.5 Å². The molecule has 132 valence electrons. The summed E-state index contributed by atoms with van der Waals surface area (Å²) in [6.45, 7) is 5.76. The first-order valence-electron chi connectivity index (χ1n) is 7.83. The molecule has 0 radical (unpaired) electrons. The monoisotopic (exact) mass is 363 g/mol. The largest absolute Gasteiger partial charge is 0.308 e. The molecule has 0 aromatic carbocycles. The fraction of sp³-hybridized carbons (Fsp3) is 0.375. The molecule has 3 aromatic heterocycles. The zero-order valence-electron chi connectivity index (χ0n) is 14.4. The maximum absolute atomic E-state index is 14.2. The second kappa shape index (κ2) is 6.47. The highest BCUT2D eigenvalue weighted by atomic mass is 32.2. The summed E-state index contributed by atoms with van der Waals surface area (Å²) >= 11 is 1.35. The fourth-order valence-electron chi connectivity index (χ4n) is 2.71. The van der Waals surface area contributed by atoms with Gasteiger partial charge in [-0.15, -0.1) is 0 Å². The number of hydrogen-bond donors (Lipinski definition) is 0. The Labute approximate surface area is 147 Å². The van der Waals surface area contributed by atoms with E-state index in [9.17, 15) is 14.0 Å². The number of pyridine rings is 1. The number of aromatic nitrogens is 5. The molecule has 0 fully saturated rings. The summed E-state index contributed by atoms with van der Waals surface area (Å²) < 4.78 is 18.5. The average molecular weight is 363 g/mol. The molecule has 0 bridgehead atoms. The quantitative estimate of drug-likeness (QED) is 0.525. The van der Waals surface area contributed by atoms with Crippen LogP contribution in [0.3, 0.4) is 0 Å².